The molecular formula is C18H25N5O3. The Bertz CT molecular complexity index is 780. The van der Waals surface area contributed by atoms with Crippen LogP contribution in [0.3, 0.4) is 0 Å². The molecule has 0 radical (unpaired) electrons. The summed E-state index contributed by atoms with van der Waals surface area (Å²) in [6.45, 7) is 2.43. The molecule has 1 atom stereocenters. The molecular weight excluding hydrogens is 334 g/mol. The summed E-state index contributed by atoms with van der Waals surface area (Å²) in [4.78, 5) is 31.3. The third kappa shape index (κ3) is 4.20. The monoisotopic (exact) mass is 359 g/mol. The SMILES string of the molecule is CN(C)CCNC(=O)c1nc(C(=O)NCC2CCCO2)c2ccccn12. The van der Waals surface area contributed by atoms with Gasteiger partial charge in [-0.3, -0.25) is 14.0 Å². The summed E-state index contributed by atoms with van der Waals surface area (Å²) in [5, 5.41) is 5.70. The number of pyridine rings is 1. The number of aromatic nitrogens is 2. The van der Waals surface area contributed by atoms with E-state index in [2.05, 4.69) is 15.6 Å². The minimum absolute atomic E-state index is 0.0571. The van der Waals surface area contributed by atoms with Crippen molar-refractivity contribution in [3.05, 3.63) is 35.9 Å². The molecule has 8 nitrogen and oxygen atoms in total. The zero-order valence-electron chi connectivity index (χ0n) is 15.2. The molecule has 2 amide bonds. The Kier molecular flexibility index (Phi) is 5.85. The van der Waals surface area contributed by atoms with Crippen LogP contribution in [0.4, 0.5) is 0 Å². The maximum Gasteiger partial charge on any atom is 0.287 e. The van der Waals surface area contributed by atoms with Crippen LogP contribution >= 0.6 is 0 Å². The molecule has 0 spiro atoms. The van der Waals surface area contributed by atoms with Gasteiger partial charge in [0.1, 0.15) is 0 Å². The van der Waals surface area contributed by atoms with Crippen molar-refractivity contribution in [3.8, 4) is 0 Å². The molecule has 2 aromatic heterocycles. The number of hydrogen-bond donors (Lipinski definition) is 2. The number of likely N-dealkylation sites (N-methyl/N-ethyl adjacent to an activating group) is 1. The number of ether oxygens (including phenoxy) is 1. The first-order chi connectivity index (χ1) is 12.6. The van der Waals surface area contributed by atoms with Crippen LogP contribution in [0, 0.1) is 0 Å². The molecule has 3 heterocycles. The lowest BCUT2D eigenvalue weighted by molar-refractivity contribution is 0.0855. The number of imidazole rings is 1. The number of amides is 2. The van der Waals surface area contributed by atoms with Gasteiger partial charge in [0.05, 0.1) is 11.6 Å². The molecule has 0 bridgehead atoms. The number of nitrogens with one attached hydrogen (secondary N) is 2. The lowest BCUT2D eigenvalue weighted by Gasteiger charge is -2.09. The molecule has 1 aliphatic heterocycles. The molecule has 8 heteroatoms. The Labute approximate surface area is 152 Å². The molecule has 3 rings (SSSR count). The van der Waals surface area contributed by atoms with Crippen LogP contribution in [-0.2, 0) is 4.74 Å². The smallest absolute Gasteiger partial charge is 0.287 e. The first-order valence-corrected chi connectivity index (χ1v) is 8.86. The highest BCUT2D eigenvalue weighted by Crippen LogP contribution is 2.14. The summed E-state index contributed by atoms with van der Waals surface area (Å²) in [6, 6.07) is 5.41. The number of hydrogen-bond acceptors (Lipinski definition) is 5. The third-order valence-electron chi connectivity index (χ3n) is 4.33. The average Bonchev–Trinajstić information content (AvgIpc) is 3.27. The van der Waals surface area contributed by atoms with E-state index in [1.165, 1.54) is 0 Å². The lowest BCUT2D eigenvalue weighted by Crippen LogP contribution is -2.33. The summed E-state index contributed by atoms with van der Waals surface area (Å²) in [6.07, 6.45) is 3.76. The molecule has 0 aliphatic carbocycles. The molecule has 2 N–H and O–H groups in total. The second-order valence-electron chi connectivity index (χ2n) is 6.64. The van der Waals surface area contributed by atoms with Crippen molar-refractivity contribution in [3.63, 3.8) is 0 Å². The normalized spacial score (nSPS) is 17.0. The number of rotatable bonds is 7. The van der Waals surface area contributed by atoms with Crippen LogP contribution in [0.5, 0.6) is 0 Å². The van der Waals surface area contributed by atoms with E-state index in [9.17, 15) is 9.59 Å². The molecule has 2 aromatic rings. The van der Waals surface area contributed by atoms with Crippen molar-refractivity contribution in [2.24, 2.45) is 0 Å². The highest BCUT2D eigenvalue weighted by Gasteiger charge is 2.22. The van der Waals surface area contributed by atoms with Gasteiger partial charge >= 0.3 is 0 Å². The molecule has 26 heavy (non-hydrogen) atoms. The van der Waals surface area contributed by atoms with Gasteiger partial charge in [-0.25, -0.2) is 4.98 Å². The van der Waals surface area contributed by atoms with Gasteiger partial charge in [0, 0.05) is 32.4 Å². The number of carbonyl (C=O) groups is 2. The van der Waals surface area contributed by atoms with Crippen molar-refractivity contribution in [2.45, 2.75) is 18.9 Å². The maximum atomic E-state index is 12.6. The first kappa shape index (κ1) is 18.3. The van der Waals surface area contributed by atoms with Gasteiger partial charge in [-0.15, -0.1) is 0 Å². The molecule has 0 saturated carbocycles. The maximum absolute atomic E-state index is 12.6. The Balaban J connectivity index is 1.75. The highest BCUT2D eigenvalue weighted by atomic mass is 16.5. The summed E-state index contributed by atoms with van der Waals surface area (Å²) < 4.78 is 7.17. The van der Waals surface area contributed by atoms with Crippen LogP contribution in [0.2, 0.25) is 0 Å². The van der Waals surface area contributed by atoms with Crippen molar-refractivity contribution >= 4 is 17.3 Å². The minimum Gasteiger partial charge on any atom is -0.376 e. The van der Waals surface area contributed by atoms with Crippen molar-refractivity contribution < 1.29 is 14.3 Å². The van der Waals surface area contributed by atoms with Crippen LogP contribution in [0.25, 0.3) is 5.52 Å². The fraction of sp³-hybridized carbons (Fsp3) is 0.500. The zero-order valence-corrected chi connectivity index (χ0v) is 15.2. The van der Waals surface area contributed by atoms with Crippen molar-refractivity contribution in [1.82, 2.24) is 24.9 Å². The summed E-state index contributed by atoms with van der Waals surface area (Å²) in [5.41, 5.74) is 0.858. The van der Waals surface area contributed by atoms with E-state index >= 15 is 0 Å². The van der Waals surface area contributed by atoms with Crippen LogP contribution in [-0.4, -0.2) is 72.5 Å². The quantitative estimate of drug-likeness (QED) is 0.753. The highest BCUT2D eigenvalue weighted by molar-refractivity contribution is 6.02. The van der Waals surface area contributed by atoms with Gasteiger partial charge in [0.2, 0.25) is 5.82 Å². The molecule has 1 fully saturated rings. The van der Waals surface area contributed by atoms with Gasteiger partial charge in [0.25, 0.3) is 11.8 Å². The zero-order chi connectivity index (χ0) is 18.5. The van der Waals surface area contributed by atoms with Crippen LogP contribution < -0.4 is 10.6 Å². The summed E-state index contributed by atoms with van der Waals surface area (Å²) >= 11 is 0. The third-order valence-corrected chi connectivity index (χ3v) is 4.33. The fourth-order valence-electron chi connectivity index (χ4n) is 2.93. The van der Waals surface area contributed by atoms with E-state index in [1.807, 2.05) is 25.1 Å². The summed E-state index contributed by atoms with van der Waals surface area (Å²) in [7, 11) is 3.88. The van der Waals surface area contributed by atoms with Gasteiger partial charge in [-0.2, -0.15) is 0 Å². The molecule has 1 saturated heterocycles. The molecule has 1 aliphatic rings. The van der Waals surface area contributed by atoms with E-state index in [0.717, 1.165) is 26.0 Å². The average molecular weight is 359 g/mol. The van der Waals surface area contributed by atoms with Crippen LogP contribution in [0.15, 0.2) is 24.4 Å². The van der Waals surface area contributed by atoms with E-state index in [1.54, 1.807) is 22.7 Å². The van der Waals surface area contributed by atoms with Crippen LogP contribution in [0.1, 0.15) is 33.9 Å². The van der Waals surface area contributed by atoms with E-state index in [0.29, 0.717) is 18.6 Å². The topological polar surface area (TPSA) is 88.0 Å². The van der Waals surface area contributed by atoms with Crippen molar-refractivity contribution in [2.75, 3.05) is 40.3 Å². The molecule has 140 valence electrons. The summed E-state index contributed by atoms with van der Waals surface area (Å²) in [5.74, 6) is -0.385. The van der Waals surface area contributed by atoms with E-state index in [4.69, 9.17) is 4.74 Å². The van der Waals surface area contributed by atoms with Gasteiger partial charge in [-0.05, 0) is 39.1 Å². The number of carbonyl (C=O) groups excluding carboxylic acids is 2. The Morgan fingerprint density at radius 1 is 1.31 bits per heavy atom. The molecule has 0 aromatic carbocycles. The Morgan fingerprint density at radius 3 is 2.88 bits per heavy atom. The second-order valence-corrected chi connectivity index (χ2v) is 6.64. The lowest BCUT2D eigenvalue weighted by atomic mass is 10.2. The number of fused-ring (bicyclic) bond motifs is 1. The Hall–Kier alpha value is -2.45. The van der Waals surface area contributed by atoms with E-state index < -0.39 is 0 Å². The van der Waals surface area contributed by atoms with E-state index in [-0.39, 0.29) is 29.4 Å². The first-order valence-electron chi connectivity index (χ1n) is 8.86. The van der Waals surface area contributed by atoms with Crippen molar-refractivity contribution in [1.29, 1.82) is 0 Å². The number of nitrogens with zero attached hydrogens (tertiary/aromatic N) is 3. The fourth-order valence-corrected chi connectivity index (χ4v) is 2.93. The standard InChI is InChI=1S/C18H25N5O3/c1-22(2)10-8-19-18(25)16-21-15(14-7-3-4-9-23(14)16)17(24)20-12-13-6-5-11-26-13/h3-4,7,9,13H,5-6,8,10-12H2,1-2H3,(H,19,25)(H,20,24). The second kappa shape index (κ2) is 8.29. The van der Waals surface area contributed by atoms with Gasteiger partial charge in [-0.1, -0.05) is 6.07 Å². The van der Waals surface area contributed by atoms with Gasteiger partial charge < -0.3 is 20.3 Å². The predicted octanol–water partition coefficient (Wildman–Crippen LogP) is 0.535. The minimum atomic E-state index is -0.300. The van der Waals surface area contributed by atoms with Gasteiger partial charge in [0.15, 0.2) is 5.69 Å². The largest absolute Gasteiger partial charge is 0.376 e. The Morgan fingerprint density at radius 2 is 2.15 bits per heavy atom. The molecule has 1 unspecified atom stereocenters. The predicted molar refractivity (Wildman–Crippen MR) is 97.4 cm³/mol.